The SMILES string of the molecule is Cc1ccc2c(c1)C(=O)N(C)c1cnc(Nc3cccc(S(=O)(=O)NC45CC(O)(C4)C5)c3)nc1N2C. The molecule has 186 valence electrons. The molecule has 3 aromatic rings. The molecule has 2 bridgehead atoms. The highest BCUT2D eigenvalue weighted by Gasteiger charge is 2.68. The first-order valence-corrected chi connectivity index (χ1v) is 13.1. The Balaban J connectivity index is 1.29. The van der Waals surface area contributed by atoms with E-state index in [-0.39, 0.29) is 16.8 Å². The molecule has 0 atom stereocenters. The number of aromatic nitrogens is 2. The number of aliphatic hydroxyl groups is 1. The minimum atomic E-state index is -3.76. The van der Waals surface area contributed by atoms with Crippen LogP contribution >= 0.6 is 0 Å². The van der Waals surface area contributed by atoms with E-state index in [0.717, 1.165) is 11.3 Å². The smallest absolute Gasteiger partial charge is 0.260 e. The lowest BCUT2D eigenvalue weighted by atomic mass is 9.47. The van der Waals surface area contributed by atoms with Crippen LogP contribution in [0.25, 0.3) is 0 Å². The Hall–Kier alpha value is -3.54. The molecule has 0 spiro atoms. The number of rotatable bonds is 5. The van der Waals surface area contributed by atoms with E-state index in [2.05, 4.69) is 20.0 Å². The first kappa shape index (κ1) is 22.9. The summed E-state index contributed by atoms with van der Waals surface area (Å²) >= 11 is 0. The second-order valence-electron chi connectivity index (χ2n) is 10.1. The molecule has 0 saturated heterocycles. The van der Waals surface area contributed by atoms with Crippen LogP contribution in [-0.2, 0) is 10.0 Å². The number of sulfonamides is 1. The van der Waals surface area contributed by atoms with Crippen molar-refractivity contribution in [2.45, 2.75) is 42.2 Å². The highest BCUT2D eigenvalue weighted by atomic mass is 32.2. The van der Waals surface area contributed by atoms with Gasteiger partial charge in [-0.2, -0.15) is 4.98 Å². The van der Waals surface area contributed by atoms with Crippen molar-refractivity contribution in [2.75, 3.05) is 29.2 Å². The summed E-state index contributed by atoms with van der Waals surface area (Å²) in [5.41, 5.74) is 2.14. The standard InChI is InChI=1S/C25H26N6O4S/c1-15-7-8-19-18(9-15)22(32)31(3)20-11-26-23(28-21(20)30(19)2)27-16-5-4-6-17(10-16)36(34,35)29-24-12-25(33,13-24)14-24/h4-11,29,33H,12-14H2,1-3H3,(H,26,27,28). The van der Waals surface area contributed by atoms with Crippen molar-refractivity contribution in [1.29, 1.82) is 0 Å². The average molecular weight is 507 g/mol. The van der Waals surface area contributed by atoms with Crippen LogP contribution in [0.2, 0.25) is 0 Å². The molecule has 2 heterocycles. The summed E-state index contributed by atoms with van der Waals surface area (Å²) in [4.78, 5) is 25.6. The molecule has 1 aliphatic heterocycles. The molecule has 3 N–H and O–H groups in total. The van der Waals surface area contributed by atoms with Crippen LogP contribution in [0.15, 0.2) is 53.6 Å². The molecule has 3 aliphatic carbocycles. The lowest BCUT2D eigenvalue weighted by Crippen LogP contribution is -2.78. The second-order valence-corrected chi connectivity index (χ2v) is 11.8. The van der Waals surface area contributed by atoms with Crippen LogP contribution in [0.3, 0.4) is 0 Å². The van der Waals surface area contributed by atoms with Crippen LogP contribution in [0.1, 0.15) is 35.2 Å². The van der Waals surface area contributed by atoms with E-state index in [4.69, 9.17) is 0 Å². The number of fused-ring (bicyclic) bond motifs is 2. The number of nitrogens with zero attached hydrogens (tertiary/aromatic N) is 4. The topological polar surface area (TPSA) is 128 Å². The van der Waals surface area contributed by atoms with Gasteiger partial charge in [-0.25, -0.2) is 18.1 Å². The van der Waals surface area contributed by atoms with Gasteiger partial charge in [0.15, 0.2) is 5.82 Å². The van der Waals surface area contributed by atoms with Gasteiger partial charge in [0, 0.05) is 25.3 Å². The van der Waals surface area contributed by atoms with Crippen molar-refractivity contribution in [3.8, 4) is 0 Å². The van der Waals surface area contributed by atoms with Crippen molar-refractivity contribution in [3.05, 3.63) is 59.8 Å². The zero-order chi connectivity index (χ0) is 25.5. The van der Waals surface area contributed by atoms with E-state index in [0.29, 0.717) is 42.0 Å². The molecular formula is C25H26N6O4S. The van der Waals surface area contributed by atoms with Gasteiger partial charge in [0.05, 0.1) is 27.9 Å². The maximum Gasteiger partial charge on any atom is 0.260 e. The first-order valence-electron chi connectivity index (χ1n) is 11.6. The fourth-order valence-electron chi connectivity index (χ4n) is 5.48. The van der Waals surface area contributed by atoms with Gasteiger partial charge in [-0.05, 0) is 56.5 Å². The van der Waals surface area contributed by atoms with E-state index >= 15 is 0 Å². The van der Waals surface area contributed by atoms with E-state index in [9.17, 15) is 18.3 Å². The number of nitrogens with one attached hydrogen (secondary N) is 2. The molecule has 1 aromatic heterocycles. The quantitative estimate of drug-likeness (QED) is 0.482. The Kier molecular flexibility index (Phi) is 4.76. The molecule has 10 nitrogen and oxygen atoms in total. The maximum absolute atomic E-state index is 13.1. The lowest BCUT2D eigenvalue weighted by Gasteiger charge is -2.67. The maximum atomic E-state index is 13.1. The minimum absolute atomic E-state index is 0.116. The molecule has 2 aromatic carbocycles. The number of carbonyl (C=O) groups excluding carboxylic acids is 1. The largest absolute Gasteiger partial charge is 0.390 e. The summed E-state index contributed by atoms with van der Waals surface area (Å²) in [6, 6.07) is 12.1. The Morgan fingerprint density at radius 3 is 2.50 bits per heavy atom. The third-order valence-electron chi connectivity index (χ3n) is 7.23. The molecule has 4 aliphatic rings. The number of benzene rings is 2. The average Bonchev–Trinajstić information content (AvgIpc) is 2.87. The van der Waals surface area contributed by atoms with Gasteiger partial charge in [0.1, 0.15) is 5.69 Å². The minimum Gasteiger partial charge on any atom is -0.390 e. The number of hydrogen-bond donors (Lipinski definition) is 3. The van der Waals surface area contributed by atoms with Gasteiger partial charge in [0.2, 0.25) is 16.0 Å². The number of hydrogen-bond acceptors (Lipinski definition) is 8. The summed E-state index contributed by atoms with van der Waals surface area (Å²) in [5.74, 6) is 0.656. The van der Waals surface area contributed by atoms with Crippen LogP contribution in [0.4, 0.5) is 28.8 Å². The Morgan fingerprint density at radius 1 is 1.03 bits per heavy atom. The third kappa shape index (κ3) is 3.54. The van der Waals surface area contributed by atoms with Gasteiger partial charge < -0.3 is 20.2 Å². The summed E-state index contributed by atoms with van der Waals surface area (Å²) in [5, 5.41) is 13.0. The molecular weight excluding hydrogens is 480 g/mol. The monoisotopic (exact) mass is 506 g/mol. The van der Waals surface area contributed by atoms with Crippen LogP contribution in [0.5, 0.6) is 0 Å². The number of anilines is 5. The number of carbonyl (C=O) groups is 1. The normalized spacial score (nSPS) is 24.3. The molecule has 11 heteroatoms. The fourth-order valence-corrected chi connectivity index (χ4v) is 6.93. The van der Waals surface area contributed by atoms with E-state index in [1.165, 1.54) is 17.0 Å². The zero-order valence-electron chi connectivity index (χ0n) is 20.1. The van der Waals surface area contributed by atoms with Gasteiger partial charge >= 0.3 is 0 Å². The molecule has 0 unspecified atom stereocenters. The Morgan fingerprint density at radius 2 is 1.78 bits per heavy atom. The summed E-state index contributed by atoms with van der Waals surface area (Å²) in [7, 11) is -0.222. The predicted octanol–water partition coefficient (Wildman–Crippen LogP) is 2.83. The van der Waals surface area contributed by atoms with Gasteiger partial charge in [-0.1, -0.05) is 17.7 Å². The molecule has 1 amide bonds. The van der Waals surface area contributed by atoms with Crippen LogP contribution < -0.4 is 19.8 Å². The van der Waals surface area contributed by atoms with E-state index in [1.54, 1.807) is 25.4 Å². The Bertz CT molecular complexity index is 1520. The number of amides is 1. The van der Waals surface area contributed by atoms with Gasteiger partial charge in [-0.3, -0.25) is 4.79 Å². The molecule has 0 radical (unpaired) electrons. The predicted molar refractivity (Wildman–Crippen MR) is 136 cm³/mol. The second kappa shape index (κ2) is 7.48. The van der Waals surface area contributed by atoms with Gasteiger partial charge in [-0.15, -0.1) is 0 Å². The van der Waals surface area contributed by atoms with Crippen LogP contribution in [-0.4, -0.2) is 54.6 Å². The highest BCUT2D eigenvalue weighted by Crippen LogP contribution is 2.60. The highest BCUT2D eigenvalue weighted by molar-refractivity contribution is 7.89. The van der Waals surface area contributed by atoms with Crippen molar-refractivity contribution >= 4 is 44.8 Å². The van der Waals surface area contributed by atoms with Crippen molar-refractivity contribution in [2.24, 2.45) is 0 Å². The fraction of sp³-hybridized carbons (Fsp3) is 0.320. The summed E-state index contributed by atoms with van der Waals surface area (Å²) < 4.78 is 28.7. The lowest BCUT2D eigenvalue weighted by molar-refractivity contribution is -0.212. The van der Waals surface area contributed by atoms with Crippen molar-refractivity contribution < 1.29 is 18.3 Å². The third-order valence-corrected chi connectivity index (χ3v) is 8.81. The van der Waals surface area contributed by atoms with E-state index in [1.807, 2.05) is 37.1 Å². The number of aryl methyl sites for hydroxylation is 1. The summed E-state index contributed by atoms with van der Waals surface area (Å²) in [6.45, 7) is 1.94. The van der Waals surface area contributed by atoms with Crippen molar-refractivity contribution in [1.82, 2.24) is 14.7 Å². The van der Waals surface area contributed by atoms with E-state index < -0.39 is 21.2 Å². The molecule has 36 heavy (non-hydrogen) atoms. The molecule has 3 fully saturated rings. The zero-order valence-corrected chi connectivity index (χ0v) is 20.9. The van der Waals surface area contributed by atoms with Gasteiger partial charge in [0.25, 0.3) is 5.91 Å². The molecule has 3 saturated carbocycles. The Labute approximate surface area is 209 Å². The van der Waals surface area contributed by atoms with Crippen molar-refractivity contribution in [3.63, 3.8) is 0 Å². The molecule has 7 rings (SSSR count). The van der Waals surface area contributed by atoms with Crippen LogP contribution in [0, 0.1) is 6.92 Å². The first-order chi connectivity index (χ1) is 17.0. The summed E-state index contributed by atoms with van der Waals surface area (Å²) in [6.07, 6.45) is 2.93.